The molecule has 31 heavy (non-hydrogen) atoms. The van der Waals surface area contributed by atoms with Gasteiger partial charge in [0.25, 0.3) is 0 Å². The Kier molecular flexibility index (Phi) is 6.21. The van der Waals surface area contributed by atoms with Crippen LogP contribution in [0.1, 0.15) is 30.5 Å². The molecule has 2 aromatic rings. The summed E-state index contributed by atoms with van der Waals surface area (Å²) in [4.78, 5) is 4.70. The van der Waals surface area contributed by atoms with Crippen molar-refractivity contribution in [3.63, 3.8) is 0 Å². The topological polar surface area (TPSA) is 99.3 Å². The van der Waals surface area contributed by atoms with Crippen LogP contribution in [0.5, 0.6) is 0 Å². The van der Waals surface area contributed by atoms with Crippen LogP contribution in [0.2, 0.25) is 0 Å². The number of nitriles is 1. The number of nitrogens with zero attached hydrogens (tertiary/aromatic N) is 6. The number of hydrazone groups is 1. The van der Waals surface area contributed by atoms with E-state index < -0.39 is 0 Å². The van der Waals surface area contributed by atoms with E-state index >= 15 is 0 Å². The SMILES string of the molecule is C=C1C=C(C#N)C=NN1/C(=C\C)c1cc(NC2CCOCC2)c(-c2nnc(C)s2)cn1. The summed E-state index contributed by atoms with van der Waals surface area (Å²) in [7, 11) is 0. The molecule has 0 amide bonds. The molecule has 0 saturated carbocycles. The number of pyridine rings is 1. The Balaban J connectivity index is 1.70. The molecule has 9 heteroatoms. The van der Waals surface area contributed by atoms with Crippen LogP contribution < -0.4 is 5.32 Å². The Morgan fingerprint density at radius 3 is 2.84 bits per heavy atom. The first-order chi connectivity index (χ1) is 15.1. The van der Waals surface area contributed by atoms with Crippen molar-refractivity contribution in [2.45, 2.75) is 32.7 Å². The highest BCUT2D eigenvalue weighted by Gasteiger charge is 2.21. The van der Waals surface area contributed by atoms with Crippen molar-refractivity contribution in [2.24, 2.45) is 5.10 Å². The number of anilines is 1. The predicted octanol–water partition coefficient (Wildman–Crippen LogP) is 4.13. The lowest BCUT2D eigenvalue weighted by atomic mass is 10.1. The highest BCUT2D eigenvalue weighted by Crippen LogP contribution is 2.34. The maximum atomic E-state index is 9.12. The van der Waals surface area contributed by atoms with E-state index in [9.17, 15) is 0 Å². The molecule has 1 N–H and O–H groups in total. The quantitative estimate of drug-likeness (QED) is 0.757. The van der Waals surface area contributed by atoms with E-state index in [1.54, 1.807) is 22.4 Å². The Bertz CT molecular complexity index is 1120. The molecule has 1 fully saturated rings. The first-order valence-corrected chi connectivity index (χ1v) is 10.9. The maximum absolute atomic E-state index is 9.12. The van der Waals surface area contributed by atoms with Gasteiger partial charge in [0.05, 0.1) is 34.4 Å². The molecule has 1 saturated heterocycles. The zero-order chi connectivity index (χ0) is 21.8. The Hall–Kier alpha value is -3.35. The summed E-state index contributed by atoms with van der Waals surface area (Å²) in [5.74, 6) is 0. The van der Waals surface area contributed by atoms with E-state index in [4.69, 9.17) is 15.0 Å². The molecule has 2 aliphatic rings. The largest absolute Gasteiger partial charge is 0.381 e. The molecule has 2 aromatic heterocycles. The van der Waals surface area contributed by atoms with Gasteiger partial charge in [-0.3, -0.25) is 4.98 Å². The van der Waals surface area contributed by atoms with Gasteiger partial charge in [0, 0.05) is 31.1 Å². The van der Waals surface area contributed by atoms with E-state index in [1.807, 2.05) is 32.2 Å². The molecule has 8 nitrogen and oxygen atoms in total. The van der Waals surface area contributed by atoms with Gasteiger partial charge >= 0.3 is 0 Å². The second-order valence-corrected chi connectivity index (χ2v) is 8.39. The first-order valence-electron chi connectivity index (χ1n) is 10.1. The summed E-state index contributed by atoms with van der Waals surface area (Å²) in [5, 5.41) is 29.1. The molecule has 4 rings (SSSR count). The number of hydrogen-bond acceptors (Lipinski definition) is 9. The van der Waals surface area contributed by atoms with Crippen molar-refractivity contribution >= 4 is 28.9 Å². The summed E-state index contributed by atoms with van der Waals surface area (Å²) in [6, 6.07) is 4.42. The predicted molar refractivity (Wildman–Crippen MR) is 122 cm³/mol. The molecule has 0 bridgehead atoms. The third-order valence-corrected chi connectivity index (χ3v) is 5.91. The molecule has 0 spiro atoms. The fraction of sp³-hybridized carbons (Fsp3) is 0.318. The monoisotopic (exact) mass is 433 g/mol. The van der Waals surface area contributed by atoms with E-state index in [-0.39, 0.29) is 0 Å². The highest BCUT2D eigenvalue weighted by molar-refractivity contribution is 7.14. The summed E-state index contributed by atoms with van der Waals surface area (Å²) >= 11 is 1.54. The van der Waals surface area contributed by atoms with E-state index in [0.717, 1.165) is 58.7 Å². The van der Waals surface area contributed by atoms with Crippen LogP contribution in [0, 0.1) is 18.3 Å². The van der Waals surface area contributed by atoms with Crippen LogP contribution in [-0.4, -0.2) is 45.7 Å². The van der Waals surface area contributed by atoms with Gasteiger partial charge in [0.15, 0.2) is 5.01 Å². The number of ether oxygens (including phenoxy) is 1. The zero-order valence-electron chi connectivity index (χ0n) is 17.5. The Morgan fingerprint density at radius 1 is 1.39 bits per heavy atom. The molecule has 0 unspecified atom stereocenters. The van der Waals surface area contributed by atoms with Gasteiger partial charge in [-0.25, -0.2) is 5.01 Å². The van der Waals surface area contributed by atoms with E-state index in [0.29, 0.717) is 17.3 Å². The van der Waals surface area contributed by atoms with Gasteiger partial charge in [-0.15, -0.1) is 10.2 Å². The van der Waals surface area contributed by atoms with Gasteiger partial charge in [-0.2, -0.15) is 10.4 Å². The maximum Gasteiger partial charge on any atom is 0.151 e. The summed E-state index contributed by atoms with van der Waals surface area (Å²) in [5.41, 5.74) is 4.47. The van der Waals surface area contributed by atoms with Crippen LogP contribution in [0.25, 0.3) is 16.3 Å². The number of rotatable bonds is 5. The van der Waals surface area contributed by atoms with Crippen molar-refractivity contribution in [1.29, 1.82) is 5.26 Å². The number of aryl methyl sites for hydroxylation is 1. The molecule has 4 heterocycles. The highest BCUT2D eigenvalue weighted by atomic mass is 32.1. The van der Waals surface area contributed by atoms with Gasteiger partial charge in [0.2, 0.25) is 0 Å². The van der Waals surface area contributed by atoms with Gasteiger partial charge < -0.3 is 10.1 Å². The average Bonchev–Trinajstić information content (AvgIpc) is 3.22. The lowest BCUT2D eigenvalue weighted by Crippen LogP contribution is -2.28. The normalized spacial score (nSPS) is 17.5. The number of aromatic nitrogens is 3. The number of nitrogens with one attached hydrogen (secondary N) is 1. The van der Waals surface area contributed by atoms with Crippen LogP contribution in [-0.2, 0) is 4.74 Å². The van der Waals surface area contributed by atoms with Crippen molar-refractivity contribution in [3.05, 3.63) is 53.0 Å². The molecular formula is C22H23N7OS. The number of allylic oxidation sites excluding steroid dienone is 3. The van der Waals surface area contributed by atoms with Crippen LogP contribution in [0.15, 0.2) is 47.4 Å². The molecule has 2 aliphatic heterocycles. The van der Waals surface area contributed by atoms with Crippen LogP contribution in [0.4, 0.5) is 5.69 Å². The summed E-state index contributed by atoms with van der Waals surface area (Å²) < 4.78 is 5.50. The smallest absolute Gasteiger partial charge is 0.151 e. The second kappa shape index (κ2) is 9.20. The molecule has 0 aliphatic carbocycles. The van der Waals surface area contributed by atoms with Crippen molar-refractivity contribution in [2.75, 3.05) is 18.5 Å². The third-order valence-electron chi connectivity index (χ3n) is 5.04. The van der Waals surface area contributed by atoms with Gasteiger partial charge in [-0.1, -0.05) is 24.0 Å². The van der Waals surface area contributed by atoms with Crippen LogP contribution in [0.3, 0.4) is 0 Å². The van der Waals surface area contributed by atoms with Crippen molar-refractivity contribution in [3.8, 4) is 16.6 Å². The van der Waals surface area contributed by atoms with E-state index in [1.165, 1.54) is 6.21 Å². The van der Waals surface area contributed by atoms with Crippen LogP contribution >= 0.6 is 11.3 Å². The average molecular weight is 434 g/mol. The fourth-order valence-corrected chi connectivity index (χ4v) is 4.20. The standard InChI is InChI=1S/C22H23N7OS/c1-4-21(29-14(2)9-16(11-23)12-25-29)20-10-19(26-17-5-7-30-8-6-17)18(13-24-20)22-28-27-15(3)31-22/h4,9-10,12-13,17H,2,5-8H2,1,3H3,(H,24,26)/b21-4-. The lowest BCUT2D eigenvalue weighted by Gasteiger charge is -2.27. The first kappa shape index (κ1) is 20.9. The molecular weight excluding hydrogens is 410 g/mol. The van der Waals surface area contributed by atoms with Crippen molar-refractivity contribution in [1.82, 2.24) is 20.2 Å². The second-order valence-electron chi connectivity index (χ2n) is 7.21. The van der Waals surface area contributed by atoms with E-state index in [2.05, 4.69) is 33.3 Å². The zero-order valence-corrected chi connectivity index (χ0v) is 18.3. The summed E-state index contributed by atoms with van der Waals surface area (Å²) in [6.45, 7) is 9.41. The van der Waals surface area contributed by atoms with Crippen molar-refractivity contribution < 1.29 is 4.74 Å². The molecule has 0 radical (unpaired) electrons. The van der Waals surface area contributed by atoms with Gasteiger partial charge in [-0.05, 0) is 38.8 Å². The number of hydrogen-bond donors (Lipinski definition) is 1. The molecule has 0 atom stereocenters. The minimum atomic E-state index is 0.315. The Morgan fingerprint density at radius 2 is 2.19 bits per heavy atom. The Labute approximate surface area is 185 Å². The summed E-state index contributed by atoms with van der Waals surface area (Å²) in [6.07, 6.45) is 8.87. The van der Waals surface area contributed by atoms with Gasteiger partial charge in [0.1, 0.15) is 11.1 Å². The molecule has 158 valence electrons. The molecule has 0 aromatic carbocycles. The minimum Gasteiger partial charge on any atom is -0.381 e. The minimum absolute atomic E-state index is 0.315. The third kappa shape index (κ3) is 4.55. The fourth-order valence-electron chi connectivity index (χ4n) is 3.48. The lowest BCUT2D eigenvalue weighted by molar-refractivity contribution is 0.0904.